The lowest BCUT2D eigenvalue weighted by Crippen LogP contribution is -2.42. The van der Waals surface area contributed by atoms with Crippen LogP contribution in [0.4, 0.5) is 9.18 Å². The fourth-order valence-electron chi connectivity index (χ4n) is 2.79. The van der Waals surface area contributed by atoms with Crippen LogP contribution in [0, 0.1) is 5.82 Å². The highest BCUT2D eigenvalue weighted by Gasteiger charge is 2.28. The zero-order valence-corrected chi connectivity index (χ0v) is 13.2. The van der Waals surface area contributed by atoms with E-state index in [0.29, 0.717) is 13.2 Å². The van der Waals surface area contributed by atoms with Crippen LogP contribution in [0.25, 0.3) is 0 Å². The van der Waals surface area contributed by atoms with Crippen LogP contribution in [-0.4, -0.2) is 23.7 Å². The Morgan fingerprint density at radius 2 is 2.12 bits per heavy atom. The number of hydrogen-bond acceptors (Lipinski definition) is 3. The Morgan fingerprint density at radius 3 is 2.79 bits per heavy atom. The fraction of sp³-hybridized carbons (Fsp3) is 0.333. The molecule has 2 atom stereocenters. The minimum Gasteiger partial charge on any atom is -0.376 e. The molecule has 0 aliphatic carbocycles. The van der Waals surface area contributed by atoms with E-state index >= 15 is 0 Å². The second kappa shape index (κ2) is 7.88. The van der Waals surface area contributed by atoms with Gasteiger partial charge in [0.25, 0.3) is 0 Å². The first-order chi connectivity index (χ1) is 11.7. The molecule has 5 nitrogen and oxygen atoms in total. The summed E-state index contributed by atoms with van der Waals surface area (Å²) in [4.78, 5) is 16.4. The van der Waals surface area contributed by atoms with Gasteiger partial charge in [-0.15, -0.1) is 0 Å². The molecule has 1 aromatic carbocycles. The van der Waals surface area contributed by atoms with Crippen molar-refractivity contribution < 1.29 is 13.9 Å². The van der Waals surface area contributed by atoms with Gasteiger partial charge >= 0.3 is 6.03 Å². The van der Waals surface area contributed by atoms with Gasteiger partial charge < -0.3 is 15.4 Å². The van der Waals surface area contributed by atoms with Gasteiger partial charge in [-0.25, -0.2) is 9.18 Å². The number of pyridine rings is 1. The van der Waals surface area contributed by atoms with Gasteiger partial charge in [0, 0.05) is 12.8 Å². The molecule has 2 heterocycles. The number of amides is 2. The minimum atomic E-state index is -0.308. The summed E-state index contributed by atoms with van der Waals surface area (Å²) in [7, 11) is 0. The van der Waals surface area contributed by atoms with Crippen molar-refractivity contribution in [1.82, 2.24) is 15.6 Å². The summed E-state index contributed by atoms with van der Waals surface area (Å²) in [5, 5.41) is 5.73. The maximum atomic E-state index is 13.2. The summed E-state index contributed by atoms with van der Waals surface area (Å²) >= 11 is 0. The van der Waals surface area contributed by atoms with Crippen LogP contribution in [0.3, 0.4) is 0 Å². The Bertz CT molecular complexity index is 658. The monoisotopic (exact) mass is 329 g/mol. The molecule has 126 valence electrons. The van der Waals surface area contributed by atoms with Crippen molar-refractivity contribution in [2.24, 2.45) is 0 Å². The van der Waals surface area contributed by atoms with E-state index in [-0.39, 0.29) is 24.0 Å². The van der Waals surface area contributed by atoms with Crippen molar-refractivity contribution >= 4 is 6.03 Å². The second-order valence-electron chi connectivity index (χ2n) is 5.73. The summed E-state index contributed by atoms with van der Waals surface area (Å²) in [6.07, 6.45) is 3.40. The lowest BCUT2D eigenvalue weighted by atomic mass is 9.99. The third-order valence-electron chi connectivity index (χ3n) is 4.01. The quantitative estimate of drug-likeness (QED) is 0.886. The molecule has 0 radical (unpaired) electrons. The third-order valence-corrected chi connectivity index (χ3v) is 4.01. The number of hydrogen-bond donors (Lipinski definition) is 2. The number of ether oxygens (including phenoxy) is 1. The van der Waals surface area contributed by atoms with E-state index < -0.39 is 0 Å². The molecule has 3 rings (SSSR count). The fourth-order valence-corrected chi connectivity index (χ4v) is 2.79. The molecule has 0 bridgehead atoms. The van der Waals surface area contributed by atoms with Crippen LogP contribution in [0.2, 0.25) is 0 Å². The Kier molecular flexibility index (Phi) is 5.38. The molecule has 1 aliphatic heterocycles. The highest BCUT2D eigenvalue weighted by molar-refractivity contribution is 5.74. The molecule has 2 aromatic rings. The molecule has 1 fully saturated rings. The van der Waals surface area contributed by atoms with Gasteiger partial charge in [0.2, 0.25) is 0 Å². The molecule has 1 saturated heterocycles. The molecule has 24 heavy (non-hydrogen) atoms. The Labute approximate surface area is 140 Å². The lowest BCUT2D eigenvalue weighted by Gasteiger charge is -2.25. The number of urea groups is 1. The first-order valence-corrected chi connectivity index (χ1v) is 8.04. The van der Waals surface area contributed by atoms with Crippen molar-refractivity contribution in [1.29, 1.82) is 0 Å². The van der Waals surface area contributed by atoms with Crippen LogP contribution in [0.1, 0.15) is 30.1 Å². The standard InChI is InChI=1S/C18H20FN3O2/c19-14-8-6-13(7-9-14)17(16-5-3-11-24-16)22-18(23)21-12-15-4-1-2-10-20-15/h1-2,4,6-10,16-17H,3,5,11-12H2,(H2,21,22,23)/t16-,17-/m0/s1. The highest BCUT2D eigenvalue weighted by Crippen LogP contribution is 2.27. The topological polar surface area (TPSA) is 63.2 Å². The molecule has 0 unspecified atom stereocenters. The van der Waals surface area contributed by atoms with E-state index in [0.717, 1.165) is 24.1 Å². The predicted molar refractivity (Wildman–Crippen MR) is 87.7 cm³/mol. The Hall–Kier alpha value is -2.47. The number of rotatable bonds is 5. The van der Waals surface area contributed by atoms with Gasteiger partial charge in [-0.05, 0) is 42.7 Å². The third kappa shape index (κ3) is 4.29. The van der Waals surface area contributed by atoms with Crippen LogP contribution in [0.15, 0.2) is 48.7 Å². The zero-order valence-electron chi connectivity index (χ0n) is 13.2. The number of benzene rings is 1. The van der Waals surface area contributed by atoms with E-state index in [1.54, 1.807) is 18.3 Å². The minimum absolute atomic E-state index is 0.101. The normalized spacial score (nSPS) is 18.1. The van der Waals surface area contributed by atoms with Crippen LogP contribution in [-0.2, 0) is 11.3 Å². The number of nitrogens with one attached hydrogen (secondary N) is 2. The number of carbonyl (C=O) groups is 1. The largest absolute Gasteiger partial charge is 0.376 e. The van der Waals surface area contributed by atoms with Crippen molar-refractivity contribution in [2.75, 3.05) is 6.61 Å². The van der Waals surface area contributed by atoms with Crippen LogP contribution in [0.5, 0.6) is 0 Å². The SMILES string of the molecule is O=C(NCc1ccccn1)N[C@@H](c1ccc(F)cc1)[C@@H]1CCCO1. The molecule has 2 amide bonds. The van der Waals surface area contributed by atoms with Gasteiger partial charge in [-0.2, -0.15) is 0 Å². The van der Waals surface area contributed by atoms with Crippen molar-refractivity contribution in [3.05, 3.63) is 65.7 Å². The summed E-state index contributed by atoms with van der Waals surface area (Å²) in [5.41, 5.74) is 1.61. The van der Waals surface area contributed by atoms with Gasteiger partial charge in [0.05, 0.1) is 24.4 Å². The van der Waals surface area contributed by atoms with E-state index in [9.17, 15) is 9.18 Å². The van der Waals surface area contributed by atoms with E-state index in [4.69, 9.17) is 4.74 Å². The zero-order chi connectivity index (χ0) is 16.8. The molecule has 2 N–H and O–H groups in total. The smallest absolute Gasteiger partial charge is 0.315 e. The van der Waals surface area contributed by atoms with E-state index in [2.05, 4.69) is 15.6 Å². The van der Waals surface area contributed by atoms with Crippen molar-refractivity contribution in [3.63, 3.8) is 0 Å². The summed E-state index contributed by atoms with van der Waals surface area (Å²) in [5.74, 6) is -0.301. The van der Waals surface area contributed by atoms with E-state index in [1.807, 2.05) is 18.2 Å². The molecular weight excluding hydrogens is 309 g/mol. The predicted octanol–water partition coefficient (Wildman–Crippen LogP) is 2.94. The highest BCUT2D eigenvalue weighted by atomic mass is 19.1. The van der Waals surface area contributed by atoms with Crippen molar-refractivity contribution in [3.8, 4) is 0 Å². The molecule has 0 saturated carbocycles. The second-order valence-corrected chi connectivity index (χ2v) is 5.73. The Morgan fingerprint density at radius 1 is 1.29 bits per heavy atom. The van der Waals surface area contributed by atoms with Gasteiger partial charge in [-0.1, -0.05) is 18.2 Å². The summed E-state index contributed by atoms with van der Waals surface area (Å²) in [6.45, 7) is 1.02. The maximum absolute atomic E-state index is 13.2. The van der Waals surface area contributed by atoms with Crippen LogP contribution < -0.4 is 10.6 Å². The summed E-state index contributed by atoms with van der Waals surface area (Å²) in [6, 6.07) is 11.1. The first kappa shape index (κ1) is 16.4. The molecule has 0 spiro atoms. The number of aromatic nitrogens is 1. The van der Waals surface area contributed by atoms with E-state index in [1.165, 1.54) is 12.1 Å². The number of halogens is 1. The average Bonchev–Trinajstić information content (AvgIpc) is 3.14. The van der Waals surface area contributed by atoms with Gasteiger partial charge in [0.15, 0.2) is 0 Å². The molecule has 1 aromatic heterocycles. The summed E-state index contributed by atoms with van der Waals surface area (Å²) < 4.78 is 18.9. The molecular formula is C18H20FN3O2. The molecule has 6 heteroatoms. The molecule has 1 aliphatic rings. The van der Waals surface area contributed by atoms with Gasteiger partial charge in [0.1, 0.15) is 5.82 Å². The van der Waals surface area contributed by atoms with Crippen LogP contribution >= 0.6 is 0 Å². The number of nitrogens with zero attached hydrogens (tertiary/aromatic N) is 1. The Balaban J connectivity index is 1.64. The maximum Gasteiger partial charge on any atom is 0.315 e. The average molecular weight is 329 g/mol. The number of carbonyl (C=O) groups excluding carboxylic acids is 1. The lowest BCUT2D eigenvalue weighted by molar-refractivity contribution is 0.0807. The van der Waals surface area contributed by atoms with Gasteiger partial charge in [-0.3, -0.25) is 4.98 Å². The first-order valence-electron chi connectivity index (χ1n) is 8.04. The van der Waals surface area contributed by atoms with Crippen molar-refractivity contribution in [2.45, 2.75) is 31.5 Å².